The number of halogens is 9. The molecule has 5 aromatic carbocycles. The molecule has 3 heterocycles. The zero-order valence-corrected chi connectivity index (χ0v) is 39.8. The van der Waals surface area contributed by atoms with Gasteiger partial charge in [-0.2, -0.15) is 26.3 Å². The molecule has 0 bridgehead atoms. The molecule has 0 aliphatic carbocycles. The fourth-order valence-corrected chi connectivity index (χ4v) is 8.06. The van der Waals surface area contributed by atoms with E-state index in [4.69, 9.17) is 46.8 Å². The average Bonchev–Trinajstić information content (AvgIpc) is 4.15. The summed E-state index contributed by atoms with van der Waals surface area (Å²) < 4.78 is 96.1. The van der Waals surface area contributed by atoms with E-state index in [1.165, 1.54) is 35.6 Å². The number of carboxylic acids is 1. The molecular weight excluding hydrogens is 1060 g/mol. The van der Waals surface area contributed by atoms with Gasteiger partial charge in [-0.3, -0.25) is 9.59 Å². The molecule has 12 nitrogen and oxygen atoms in total. The van der Waals surface area contributed by atoms with Crippen LogP contribution in [0.25, 0.3) is 0 Å². The highest BCUT2D eigenvalue weighted by atomic mass is 79.9. The van der Waals surface area contributed by atoms with Crippen LogP contribution in [0.1, 0.15) is 82.4 Å². The first-order chi connectivity index (χ1) is 33.8. The van der Waals surface area contributed by atoms with Crippen molar-refractivity contribution in [2.75, 3.05) is 6.61 Å². The van der Waals surface area contributed by atoms with Gasteiger partial charge in [-0.15, -0.1) is 0 Å². The summed E-state index contributed by atoms with van der Waals surface area (Å²) in [5, 5.41) is 26.2. The standard InChI is InChI=1S/C22H20N2O5.C20H15ClF3NO4.C8H5BrClF3.CH4/c25-18-8-6-16(7-9-18)19(20-10-11-29-23-20)13-21(26)24-17(14-28-22(24)27)12-15-4-2-1-3-5-15;21-17-6-1-12(9-16(17)20(22,23)24)11-28-14-4-2-13(3-5-14)15(10-19(26)27)18-7-8-29-25-18;9-4-5-1-2-7(10)6(3-5)8(11,12)13;/h1-11,17,19,25H,12-14H2;1-9,15H,10-11H2,(H,26,27);1-3H,4H2;1H4/t17-,19-;15-;;/m00../s1. The number of carboxylic acid groups (broad SMARTS) is 1. The van der Waals surface area contributed by atoms with Crippen molar-refractivity contribution in [3.05, 3.63) is 200 Å². The van der Waals surface area contributed by atoms with E-state index >= 15 is 0 Å². The SMILES string of the molecule is C.FC(F)(F)c1cc(CBr)ccc1Cl.O=C(C[C@@H](c1ccc(O)cc1)c1ccon1)N1C(=O)OC[C@@H]1Cc1ccccc1.O=C(O)C[C@@H](c1ccc(OCc2ccc(Cl)c(C(F)(F)F)c2)cc1)c1ccon1. The van der Waals surface area contributed by atoms with Gasteiger partial charge in [0, 0.05) is 35.7 Å². The quantitative estimate of drug-likeness (QED) is 0.0786. The second-order valence-corrected chi connectivity index (χ2v) is 17.0. The van der Waals surface area contributed by atoms with Gasteiger partial charge in [-0.05, 0) is 82.8 Å². The molecule has 0 radical (unpaired) electrons. The molecule has 1 aliphatic rings. The number of rotatable bonds is 14. The largest absolute Gasteiger partial charge is 0.508 e. The lowest BCUT2D eigenvalue weighted by Crippen LogP contribution is -2.40. The van der Waals surface area contributed by atoms with Crippen molar-refractivity contribution in [2.45, 2.75) is 68.9 Å². The van der Waals surface area contributed by atoms with Gasteiger partial charge in [0.05, 0.1) is 45.0 Å². The molecule has 2 amide bonds. The smallest absolute Gasteiger partial charge is 0.417 e. The van der Waals surface area contributed by atoms with Crippen molar-refractivity contribution in [1.82, 2.24) is 15.2 Å². The molecule has 2 N–H and O–H groups in total. The summed E-state index contributed by atoms with van der Waals surface area (Å²) in [6.07, 6.45) is -6.36. The van der Waals surface area contributed by atoms with Crippen LogP contribution >= 0.6 is 39.1 Å². The minimum atomic E-state index is -4.55. The third-order valence-corrected chi connectivity index (χ3v) is 12.0. The number of imide groups is 1. The van der Waals surface area contributed by atoms with Gasteiger partial charge < -0.3 is 28.7 Å². The number of ether oxygens (including phenoxy) is 2. The Kier molecular flexibility index (Phi) is 19.9. The summed E-state index contributed by atoms with van der Waals surface area (Å²) in [7, 11) is 0. The Morgan fingerprint density at radius 2 is 1.24 bits per heavy atom. The fraction of sp³-hybridized carbons (Fsp3) is 0.235. The summed E-state index contributed by atoms with van der Waals surface area (Å²) in [5.41, 5.74) is 2.75. The second-order valence-electron chi connectivity index (χ2n) is 15.6. The summed E-state index contributed by atoms with van der Waals surface area (Å²) in [6.45, 7) is 0.0920. The van der Waals surface area contributed by atoms with E-state index in [2.05, 4.69) is 26.2 Å². The van der Waals surface area contributed by atoms with Crippen LogP contribution in [0.3, 0.4) is 0 Å². The Hall–Kier alpha value is -6.83. The molecule has 0 unspecified atom stereocenters. The molecule has 1 aliphatic heterocycles. The van der Waals surface area contributed by atoms with Crippen LogP contribution in [-0.4, -0.2) is 56.0 Å². The van der Waals surface area contributed by atoms with Crippen LogP contribution in [0.5, 0.6) is 11.5 Å². The predicted molar refractivity (Wildman–Crippen MR) is 257 cm³/mol. The maximum absolute atomic E-state index is 13.1. The van der Waals surface area contributed by atoms with Crippen molar-refractivity contribution < 1.29 is 69.5 Å². The van der Waals surface area contributed by atoms with Crippen molar-refractivity contribution in [3.63, 3.8) is 0 Å². The molecule has 7 aromatic rings. The second kappa shape index (κ2) is 25.5. The van der Waals surface area contributed by atoms with Crippen molar-refractivity contribution in [1.29, 1.82) is 0 Å². The van der Waals surface area contributed by atoms with E-state index in [0.29, 0.717) is 45.6 Å². The van der Waals surface area contributed by atoms with Gasteiger partial charge in [0.15, 0.2) is 0 Å². The lowest BCUT2D eigenvalue weighted by molar-refractivity contribution is -0.138. The highest BCUT2D eigenvalue weighted by molar-refractivity contribution is 9.08. The molecule has 72 heavy (non-hydrogen) atoms. The number of benzene rings is 5. The Balaban J connectivity index is 0.000000213. The fourth-order valence-electron chi connectivity index (χ4n) is 7.26. The van der Waals surface area contributed by atoms with Gasteiger partial charge in [-0.25, -0.2) is 9.69 Å². The average molecular weight is 1110 g/mol. The number of hydrogen-bond acceptors (Lipinski definition) is 10. The number of hydrogen-bond donors (Lipinski definition) is 2. The Labute approximate surface area is 427 Å². The molecule has 380 valence electrons. The first kappa shape index (κ1) is 56.1. The number of phenolic OH excluding ortho intramolecular Hbond substituents is 1. The van der Waals surface area contributed by atoms with E-state index in [1.807, 2.05) is 30.3 Å². The summed E-state index contributed by atoms with van der Waals surface area (Å²) in [6, 6.07) is 33.2. The van der Waals surface area contributed by atoms with Crippen molar-refractivity contribution in [3.8, 4) is 11.5 Å². The van der Waals surface area contributed by atoms with E-state index < -0.39 is 47.4 Å². The number of carbonyl (C=O) groups excluding carboxylic acids is 2. The van der Waals surface area contributed by atoms with E-state index in [-0.39, 0.29) is 61.2 Å². The Morgan fingerprint density at radius 3 is 1.74 bits per heavy atom. The maximum atomic E-state index is 13.1. The number of carbonyl (C=O) groups is 3. The van der Waals surface area contributed by atoms with Gasteiger partial charge in [-0.1, -0.05) is 124 Å². The first-order valence-corrected chi connectivity index (χ1v) is 23.0. The van der Waals surface area contributed by atoms with Crippen LogP contribution in [0.15, 0.2) is 149 Å². The molecular formula is C51H44BrCl2F6N3O9. The van der Waals surface area contributed by atoms with Gasteiger partial charge >= 0.3 is 24.4 Å². The number of amides is 2. The first-order valence-electron chi connectivity index (χ1n) is 21.1. The summed E-state index contributed by atoms with van der Waals surface area (Å²) in [5.74, 6) is -1.67. The Bertz CT molecular complexity index is 2840. The van der Waals surface area contributed by atoms with Crippen LogP contribution in [0.2, 0.25) is 10.0 Å². The molecule has 3 atom stereocenters. The molecule has 0 spiro atoms. The number of phenols is 1. The van der Waals surface area contributed by atoms with Crippen molar-refractivity contribution >= 4 is 57.1 Å². The van der Waals surface area contributed by atoms with Crippen LogP contribution in [0, 0.1) is 0 Å². The van der Waals surface area contributed by atoms with Gasteiger partial charge in [0.2, 0.25) is 5.91 Å². The number of aromatic nitrogens is 2. The lowest BCUT2D eigenvalue weighted by Gasteiger charge is -2.22. The molecule has 1 fully saturated rings. The number of nitrogens with zero attached hydrogens (tertiary/aromatic N) is 3. The minimum absolute atomic E-state index is 0. The van der Waals surface area contributed by atoms with Crippen LogP contribution in [-0.2, 0) is 45.0 Å². The number of aliphatic carboxylic acids is 1. The van der Waals surface area contributed by atoms with Gasteiger partial charge in [0.25, 0.3) is 0 Å². The molecule has 8 rings (SSSR count). The van der Waals surface area contributed by atoms with E-state index in [0.717, 1.165) is 23.3 Å². The molecule has 2 aromatic heterocycles. The third kappa shape index (κ3) is 15.6. The molecule has 21 heteroatoms. The number of aromatic hydroxyl groups is 1. The number of alkyl halides is 7. The van der Waals surface area contributed by atoms with Crippen molar-refractivity contribution in [2.24, 2.45) is 0 Å². The van der Waals surface area contributed by atoms with E-state index in [9.17, 15) is 45.8 Å². The Morgan fingerprint density at radius 1 is 0.722 bits per heavy atom. The number of cyclic esters (lactones) is 1. The summed E-state index contributed by atoms with van der Waals surface area (Å²) >= 11 is 14.1. The normalized spacial score (nSPS) is 14.1. The monoisotopic (exact) mass is 1110 g/mol. The molecule has 0 saturated carbocycles. The lowest BCUT2D eigenvalue weighted by atomic mass is 9.91. The maximum Gasteiger partial charge on any atom is 0.417 e. The summed E-state index contributed by atoms with van der Waals surface area (Å²) in [4.78, 5) is 37.8. The predicted octanol–water partition coefficient (Wildman–Crippen LogP) is 13.9. The van der Waals surface area contributed by atoms with Crippen LogP contribution < -0.4 is 4.74 Å². The minimum Gasteiger partial charge on any atom is -0.508 e. The molecule has 1 saturated heterocycles. The van der Waals surface area contributed by atoms with Gasteiger partial charge in [0.1, 0.15) is 37.2 Å². The zero-order chi connectivity index (χ0) is 51.3. The highest BCUT2D eigenvalue weighted by Crippen LogP contribution is 2.37. The third-order valence-electron chi connectivity index (χ3n) is 10.7. The van der Waals surface area contributed by atoms with E-state index in [1.54, 1.807) is 66.7 Å². The zero-order valence-electron chi connectivity index (χ0n) is 36.7. The van der Waals surface area contributed by atoms with Crippen LogP contribution in [0.4, 0.5) is 31.1 Å². The topological polar surface area (TPSA) is 165 Å². The highest BCUT2D eigenvalue weighted by Gasteiger charge is 2.39.